The maximum atomic E-state index is 8.33. The molecular weight excluding hydrogens is 179 g/mol. The summed E-state index contributed by atoms with van der Waals surface area (Å²) in [5, 5.41) is 16.7. The fourth-order valence-corrected chi connectivity index (χ4v) is 0. The normalized spacial score (nSPS) is 4.00. The third-order valence-electron chi connectivity index (χ3n) is 0. The zero-order valence-corrected chi connectivity index (χ0v) is 7.81. The van der Waals surface area contributed by atoms with E-state index in [-0.39, 0.29) is 68.4 Å². The van der Waals surface area contributed by atoms with Gasteiger partial charge in [0, 0.05) is 0 Å². The standard InChI is InChI=1S/CH2O3.Br.K/c2-1(3)4;;/h(H2,2,3,4);;/q;2*+1/p-2. The summed E-state index contributed by atoms with van der Waals surface area (Å²) in [4.78, 5) is 8.33. The Bertz CT molecular complexity index is 33.8. The van der Waals surface area contributed by atoms with Crippen LogP contribution in [-0.4, -0.2) is 6.16 Å². The monoisotopic (exact) mass is 178 g/mol. The van der Waals surface area contributed by atoms with Crippen molar-refractivity contribution in [3.8, 4) is 0 Å². The maximum Gasteiger partial charge on any atom is 1.00 e. The zero-order valence-electron chi connectivity index (χ0n) is 3.10. The fourth-order valence-electron chi connectivity index (χ4n) is 0. The quantitative estimate of drug-likeness (QED) is 0.348. The van der Waals surface area contributed by atoms with Crippen molar-refractivity contribution in [2.24, 2.45) is 0 Å². The maximum absolute atomic E-state index is 8.33. The molecule has 0 aliphatic heterocycles. The van der Waals surface area contributed by atoms with Gasteiger partial charge >= 0.3 is 68.4 Å². The van der Waals surface area contributed by atoms with Crippen molar-refractivity contribution in [3.05, 3.63) is 0 Å². The van der Waals surface area contributed by atoms with Gasteiger partial charge in [0.05, 0.1) is 0 Å². The van der Waals surface area contributed by atoms with Crippen molar-refractivity contribution >= 4 is 6.16 Å². The fraction of sp³-hybridized carbons (Fsp3) is 0. The molecule has 30 valence electrons. The van der Waals surface area contributed by atoms with Crippen molar-refractivity contribution in [2.45, 2.75) is 0 Å². The first-order chi connectivity index (χ1) is 1.73. The Morgan fingerprint density at radius 1 is 1.33 bits per heavy atom. The Balaban J connectivity index is -0.0000000450. The summed E-state index contributed by atoms with van der Waals surface area (Å²) in [5.41, 5.74) is 0. The predicted molar refractivity (Wildman–Crippen MR) is 5.40 cm³/mol. The van der Waals surface area contributed by atoms with Crippen LogP contribution in [-0.2, 0) is 0 Å². The number of hydrogen-bond acceptors (Lipinski definition) is 3. The molecule has 3 nitrogen and oxygen atoms in total. The molecule has 0 atom stereocenters. The number of halogens is 1. The van der Waals surface area contributed by atoms with E-state index in [1.54, 1.807) is 0 Å². The molecule has 0 aromatic rings. The average Bonchev–Trinajstić information content (AvgIpc) is 0.811. The van der Waals surface area contributed by atoms with Gasteiger partial charge in [-0.2, -0.15) is 0 Å². The van der Waals surface area contributed by atoms with Crippen molar-refractivity contribution in [3.63, 3.8) is 0 Å². The summed E-state index contributed by atoms with van der Waals surface area (Å²) < 4.78 is 0. The van der Waals surface area contributed by atoms with Crippen molar-refractivity contribution in [1.82, 2.24) is 0 Å². The van der Waals surface area contributed by atoms with E-state index >= 15 is 0 Å². The molecule has 0 rings (SSSR count). The van der Waals surface area contributed by atoms with Gasteiger partial charge in [-0.15, -0.1) is 0 Å². The predicted octanol–water partition coefficient (Wildman–Crippen LogP) is -5.44. The van der Waals surface area contributed by atoms with Gasteiger partial charge in [-0.1, -0.05) is 0 Å². The Kier molecular flexibility index (Phi) is 25.1. The van der Waals surface area contributed by atoms with E-state index < -0.39 is 6.16 Å². The minimum atomic E-state index is -2.33. The summed E-state index contributed by atoms with van der Waals surface area (Å²) in [7, 11) is 0. The number of hydrogen-bond donors (Lipinski definition) is 0. The third kappa shape index (κ3) is 53.9. The molecule has 0 aromatic heterocycles. The van der Waals surface area contributed by atoms with Crippen molar-refractivity contribution in [2.75, 3.05) is 0 Å². The molecule has 0 aliphatic carbocycles. The molecule has 2 radical (unpaired) electrons. The average molecular weight is 179 g/mol. The summed E-state index contributed by atoms with van der Waals surface area (Å²) in [6, 6.07) is 0. The van der Waals surface area contributed by atoms with Crippen LogP contribution in [0.15, 0.2) is 0 Å². The summed E-state index contributed by atoms with van der Waals surface area (Å²) >= 11 is 0. The summed E-state index contributed by atoms with van der Waals surface area (Å²) in [6.07, 6.45) is -2.33. The molecule has 0 saturated carbocycles. The molecule has 0 bridgehead atoms. The first-order valence-corrected chi connectivity index (χ1v) is 0.612. The van der Waals surface area contributed by atoms with Crippen LogP contribution in [0, 0.1) is 17.0 Å². The first kappa shape index (κ1) is 15.7. The Hall–Kier alpha value is 1.39. The van der Waals surface area contributed by atoms with Crippen LogP contribution in [0.4, 0.5) is 4.79 Å². The van der Waals surface area contributed by atoms with Crippen LogP contribution >= 0.6 is 0 Å². The van der Waals surface area contributed by atoms with Crippen LogP contribution < -0.4 is 61.6 Å². The van der Waals surface area contributed by atoms with Gasteiger partial charge in [-0.05, 0) is 6.16 Å². The van der Waals surface area contributed by atoms with Gasteiger partial charge in [0.15, 0.2) is 0 Å². The van der Waals surface area contributed by atoms with E-state index in [0.29, 0.717) is 0 Å². The largest absolute Gasteiger partial charge is 1.00 e. The molecule has 0 amide bonds. The summed E-state index contributed by atoms with van der Waals surface area (Å²) in [6.45, 7) is 0. The van der Waals surface area contributed by atoms with E-state index in [1.807, 2.05) is 0 Å². The smallest absolute Gasteiger partial charge is 0.652 e. The molecule has 5 heteroatoms. The Morgan fingerprint density at radius 2 is 1.33 bits per heavy atom. The van der Waals surface area contributed by atoms with Crippen molar-refractivity contribution in [1.29, 1.82) is 0 Å². The molecular formula is CBrKO3. The van der Waals surface area contributed by atoms with Gasteiger partial charge in [-0.3, -0.25) is 0 Å². The van der Waals surface area contributed by atoms with Crippen LogP contribution in [0.5, 0.6) is 0 Å². The molecule has 0 heterocycles. The second-order valence-electron chi connectivity index (χ2n) is 0.250. The number of carbonyl (C=O) groups is 1. The van der Waals surface area contributed by atoms with Crippen molar-refractivity contribution < 1.29 is 83.4 Å². The molecule has 0 aliphatic rings. The number of carboxylic acid groups (broad SMARTS) is 2. The SMILES string of the molecule is O=C([O-])[O-].[Br+].[K+]. The van der Waals surface area contributed by atoms with Crippen LogP contribution in [0.25, 0.3) is 0 Å². The van der Waals surface area contributed by atoms with E-state index in [1.165, 1.54) is 0 Å². The summed E-state index contributed by atoms with van der Waals surface area (Å²) in [5.74, 6) is 0. The third-order valence-corrected chi connectivity index (χ3v) is 0. The van der Waals surface area contributed by atoms with Gasteiger partial charge in [-0.25, -0.2) is 0 Å². The first-order valence-electron chi connectivity index (χ1n) is 0.612. The van der Waals surface area contributed by atoms with Crippen LogP contribution in [0.1, 0.15) is 0 Å². The van der Waals surface area contributed by atoms with Gasteiger partial charge < -0.3 is 15.0 Å². The second-order valence-corrected chi connectivity index (χ2v) is 0.250. The Labute approximate surface area is 87.9 Å². The van der Waals surface area contributed by atoms with Gasteiger partial charge in [0.25, 0.3) is 0 Å². The molecule has 6 heavy (non-hydrogen) atoms. The second kappa shape index (κ2) is 9.63. The number of rotatable bonds is 0. The number of carbonyl (C=O) groups excluding carboxylic acids is 1. The van der Waals surface area contributed by atoms with E-state index in [9.17, 15) is 0 Å². The van der Waals surface area contributed by atoms with Gasteiger partial charge in [0.1, 0.15) is 0 Å². The minimum absolute atomic E-state index is 0. The van der Waals surface area contributed by atoms with E-state index in [0.717, 1.165) is 0 Å². The minimum Gasteiger partial charge on any atom is -0.652 e. The molecule has 0 aromatic carbocycles. The topological polar surface area (TPSA) is 63.2 Å². The molecule has 0 saturated heterocycles. The molecule has 0 fully saturated rings. The van der Waals surface area contributed by atoms with E-state index in [4.69, 9.17) is 15.0 Å². The zero-order chi connectivity index (χ0) is 3.58. The van der Waals surface area contributed by atoms with Crippen LogP contribution in [0.3, 0.4) is 0 Å². The molecule has 0 spiro atoms. The molecule has 0 unspecified atom stereocenters. The molecule has 0 N–H and O–H groups in total. The Morgan fingerprint density at radius 3 is 1.33 bits per heavy atom. The van der Waals surface area contributed by atoms with E-state index in [2.05, 4.69) is 0 Å². The van der Waals surface area contributed by atoms with Crippen LogP contribution in [0.2, 0.25) is 0 Å². The van der Waals surface area contributed by atoms with Gasteiger partial charge in [0.2, 0.25) is 0 Å².